The number of carbonyl (C=O) groups is 2. The van der Waals surface area contributed by atoms with Crippen LogP contribution in [0.5, 0.6) is 0 Å². The number of aromatic nitrogens is 1. The second kappa shape index (κ2) is 12.5. The van der Waals surface area contributed by atoms with Gasteiger partial charge in [-0.1, -0.05) is 55.5 Å². The van der Waals surface area contributed by atoms with Crippen LogP contribution in [0.4, 0.5) is 10.5 Å². The van der Waals surface area contributed by atoms with Gasteiger partial charge < -0.3 is 10.1 Å². The molecule has 3 aromatic rings. The minimum absolute atomic E-state index is 0.0356. The third kappa shape index (κ3) is 6.80. The molecular formula is C24H28N4O6S2. The number of methoxy groups -OCH3 is 1. The van der Waals surface area contributed by atoms with Crippen LogP contribution >= 0.6 is 11.3 Å². The van der Waals surface area contributed by atoms with Gasteiger partial charge in [-0.15, -0.1) is 15.6 Å². The summed E-state index contributed by atoms with van der Waals surface area (Å²) in [4.78, 5) is 29.2. The molecule has 0 bridgehead atoms. The van der Waals surface area contributed by atoms with Gasteiger partial charge in [0.1, 0.15) is 6.04 Å². The lowest BCUT2D eigenvalue weighted by Crippen LogP contribution is -2.49. The van der Waals surface area contributed by atoms with Gasteiger partial charge in [0.2, 0.25) is 0 Å². The highest BCUT2D eigenvalue weighted by atomic mass is 32.2. The number of thiazole rings is 1. The SMILES string of the molecule is CCc1nc(-c2ccccc2N(CC)S(=O)(=O)ONC(=O)[C@H](Cc2ccccc2)NC(=O)OC)cs1. The number of nitrogens with one attached hydrogen (secondary N) is 2. The molecule has 0 saturated heterocycles. The van der Waals surface area contributed by atoms with Crippen molar-refractivity contribution >= 4 is 39.3 Å². The Morgan fingerprint density at radius 3 is 2.42 bits per heavy atom. The average molecular weight is 533 g/mol. The number of hydroxylamine groups is 1. The summed E-state index contributed by atoms with van der Waals surface area (Å²) < 4.78 is 36.8. The Hall–Kier alpha value is -3.48. The predicted octanol–water partition coefficient (Wildman–Crippen LogP) is 3.46. The summed E-state index contributed by atoms with van der Waals surface area (Å²) in [5.41, 5.74) is 4.34. The van der Waals surface area contributed by atoms with Gasteiger partial charge in [-0.3, -0.25) is 4.79 Å². The second-order valence-corrected chi connectivity index (χ2v) is 9.95. The maximum absolute atomic E-state index is 13.1. The Kier molecular flexibility index (Phi) is 9.39. The molecule has 0 aliphatic heterocycles. The first-order valence-corrected chi connectivity index (χ1v) is 13.5. The van der Waals surface area contributed by atoms with Crippen LogP contribution in [0, 0.1) is 0 Å². The Bertz CT molecular complexity index is 1280. The molecule has 2 N–H and O–H groups in total. The number of hydrogen-bond acceptors (Lipinski definition) is 8. The number of para-hydroxylation sites is 1. The van der Waals surface area contributed by atoms with E-state index in [0.29, 0.717) is 16.9 Å². The minimum atomic E-state index is -4.46. The number of benzene rings is 2. The van der Waals surface area contributed by atoms with Gasteiger partial charge in [0.25, 0.3) is 5.91 Å². The molecule has 10 nitrogen and oxygen atoms in total. The molecule has 3 rings (SSSR count). The smallest absolute Gasteiger partial charge is 0.407 e. The molecule has 1 aromatic heterocycles. The van der Waals surface area contributed by atoms with Crippen molar-refractivity contribution in [3.8, 4) is 11.3 Å². The van der Waals surface area contributed by atoms with E-state index in [2.05, 4.69) is 15.0 Å². The highest BCUT2D eigenvalue weighted by molar-refractivity contribution is 7.88. The highest BCUT2D eigenvalue weighted by Crippen LogP contribution is 2.33. The highest BCUT2D eigenvalue weighted by Gasteiger charge is 2.29. The number of carbonyl (C=O) groups excluding carboxylic acids is 2. The maximum atomic E-state index is 13.1. The fourth-order valence-electron chi connectivity index (χ4n) is 3.42. The average Bonchev–Trinajstić information content (AvgIpc) is 3.37. The summed E-state index contributed by atoms with van der Waals surface area (Å²) in [5, 5.41) is 5.19. The van der Waals surface area contributed by atoms with E-state index in [1.165, 1.54) is 11.3 Å². The monoisotopic (exact) mass is 532 g/mol. The number of nitrogens with zero attached hydrogens (tertiary/aromatic N) is 2. The third-order valence-electron chi connectivity index (χ3n) is 5.18. The van der Waals surface area contributed by atoms with E-state index >= 15 is 0 Å². The quantitative estimate of drug-likeness (QED) is 0.362. The summed E-state index contributed by atoms with van der Waals surface area (Å²) in [7, 11) is -3.29. The van der Waals surface area contributed by atoms with Crippen molar-refractivity contribution < 1.29 is 27.0 Å². The van der Waals surface area contributed by atoms with Crippen molar-refractivity contribution in [1.82, 2.24) is 15.8 Å². The fourth-order valence-corrected chi connectivity index (χ4v) is 5.16. The zero-order chi connectivity index (χ0) is 26.1. The topological polar surface area (TPSA) is 127 Å². The van der Waals surface area contributed by atoms with E-state index in [0.717, 1.165) is 28.4 Å². The minimum Gasteiger partial charge on any atom is -0.453 e. The normalized spacial score (nSPS) is 12.0. The van der Waals surface area contributed by atoms with Gasteiger partial charge in [0.05, 0.1) is 23.5 Å². The van der Waals surface area contributed by atoms with Gasteiger partial charge >= 0.3 is 16.4 Å². The lowest BCUT2D eigenvalue weighted by molar-refractivity contribution is -0.129. The van der Waals surface area contributed by atoms with Crippen LogP contribution < -0.4 is 15.1 Å². The number of ether oxygens (including phenoxy) is 1. The fraction of sp³-hybridized carbons (Fsp3) is 0.292. The van der Waals surface area contributed by atoms with E-state index in [1.807, 2.05) is 23.9 Å². The number of alkyl carbamates (subject to hydrolysis) is 1. The third-order valence-corrected chi connectivity index (χ3v) is 7.47. The number of rotatable bonds is 11. The molecule has 0 radical (unpaired) electrons. The van der Waals surface area contributed by atoms with Crippen LogP contribution in [-0.4, -0.2) is 45.1 Å². The zero-order valence-electron chi connectivity index (χ0n) is 20.1. The molecule has 1 heterocycles. The molecule has 192 valence electrons. The Morgan fingerprint density at radius 1 is 1.08 bits per heavy atom. The molecule has 0 spiro atoms. The first-order chi connectivity index (χ1) is 17.3. The van der Waals surface area contributed by atoms with Crippen LogP contribution in [0.1, 0.15) is 24.4 Å². The van der Waals surface area contributed by atoms with Gasteiger partial charge in [-0.05, 0) is 25.0 Å². The van der Waals surface area contributed by atoms with Crippen LogP contribution in [0.2, 0.25) is 0 Å². The van der Waals surface area contributed by atoms with Crippen molar-refractivity contribution in [3.63, 3.8) is 0 Å². The van der Waals surface area contributed by atoms with Crippen LogP contribution in [0.3, 0.4) is 0 Å². The largest absolute Gasteiger partial charge is 0.453 e. The number of aryl methyl sites for hydroxylation is 1. The van der Waals surface area contributed by atoms with Gasteiger partial charge in [-0.25, -0.2) is 19.6 Å². The molecule has 0 unspecified atom stereocenters. The summed E-state index contributed by atoms with van der Waals surface area (Å²) in [5.74, 6) is -0.857. The molecule has 0 fully saturated rings. The van der Waals surface area contributed by atoms with Crippen LogP contribution in [0.15, 0.2) is 60.0 Å². The molecule has 36 heavy (non-hydrogen) atoms. The Balaban J connectivity index is 1.80. The zero-order valence-corrected chi connectivity index (χ0v) is 21.8. The maximum Gasteiger partial charge on any atom is 0.407 e. The Morgan fingerprint density at radius 2 is 1.78 bits per heavy atom. The summed E-state index contributed by atoms with van der Waals surface area (Å²) in [6.07, 6.45) is 0.0177. The molecule has 2 aromatic carbocycles. The molecule has 0 saturated carbocycles. The van der Waals surface area contributed by atoms with Crippen molar-refractivity contribution in [2.45, 2.75) is 32.7 Å². The Labute approximate surface area is 214 Å². The standard InChI is InChI=1S/C24H28N4O6S2/c1-4-22-25-20(16-35-22)18-13-9-10-14-21(18)28(5-2)36(31,32)34-27-23(29)19(26-24(30)33-3)15-17-11-7-6-8-12-17/h6-14,16,19H,4-5,15H2,1-3H3,(H,26,30)(H,27,29)/t19-/m0/s1. The predicted molar refractivity (Wildman–Crippen MR) is 138 cm³/mol. The van der Waals surface area contributed by atoms with Crippen LogP contribution in [0.25, 0.3) is 11.3 Å². The molecule has 2 amide bonds. The summed E-state index contributed by atoms with van der Waals surface area (Å²) in [6.45, 7) is 3.68. The van der Waals surface area contributed by atoms with E-state index in [-0.39, 0.29) is 13.0 Å². The van der Waals surface area contributed by atoms with Crippen molar-refractivity contribution in [2.75, 3.05) is 18.0 Å². The first kappa shape index (κ1) is 27.1. The van der Waals surface area contributed by atoms with E-state index in [9.17, 15) is 18.0 Å². The van der Waals surface area contributed by atoms with Gasteiger partial charge in [0, 0.05) is 23.9 Å². The lowest BCUT2D eigenvalue weighted by atomic mass is 10.1. The molecule has 1 atom stereocenters. The van der Waals surface area contributed by atoms with E-state index < -0.39 is 28.3 Å². The lowest BCUT2D eigenvalue weighted by Gasteiger charge is -2.24. The summed E-state index contributed by atoms with van der Waals surface area (Å²) >= 11 is 1.49. The molecule has 0 aliphatic rings. The van der Waals surface area contributed by atoms with Crippen LogP contribution in [-0.2, 0) is 37.0 Å². The number of anilines is 1. The first-order valence-electron chi connectivity index (χ1n) is 11.2. The number of hydrogen-bond donors (Lipinski definition) is 2. The van der Waals surface area contributed by atoms with Crippen molar-refractivity contribution in [3.05, 3.63) is 70.5 Å². The second-order valence-electron chi connectivity index (χ2n) is 7.55. The van der Waals surface area contributed by atoms with Crippen molar-refractivity contribution in [2.24, 2.45) is 0 Å². The van der Waals surface area contributed by atoms with Gasteiger partial charge in [0.15, 0.2) is 0 Å². The van der Waals surface area contributed by atoms with Gasteiger partial charge in [-0.2, -0.15) is 8.42 Å². The number of amides is 2. The summed E-state index contributed by atoms with van der Waals surface area (Å²) in [6, 6.07) is 14.7. The van der Waals surface area contributed by atoms with E-state index in [4.69, 9.17) is 4.28 Å². The molecular weight excluding hydrogens is 504 g/mol. The molecule has 0 aliphatic carbocycles. The van der Waals surface area contributed by atoms with Crippen molar-refractivity contribution in [1.29, 1.82) is 0 Å². The van der Waals surface area contributed by atoms with E-state index in [1.54, 1.807) is 55.5 Å². The molecule has 12 heteroatoms.